The van der Waals surface area contributed by atoms with Crippen molar-refractivity contribution in [2.24, 2.45) is 11.8 Å². The maximum atomic E-state index is 12.2. The van der Waals surface area contributed by atoms with Crippen molar-refractivity contribution >= 4 is 5.91 Å². The summed E-state index contributed by atoms with van der Waals surface area (Å²) in [5.74, 6) is 1.63. The van der Waals surface area contributed by atoms with Crippen LogP contribution in [0.4, 0.5) is 0 Å². The lowest BCUT2D eigenvalue weighted by molar-refractivity contribution is -0.136. The van der Waals surface area contributed by atoms with Crippen LogP contribution in [0, 0.1) is 11.8 Å². The van der Waals surface area contributed by atoms with E-state index in [-0.39, 0.29) is 0 Å². The maximum absolute atomic E-state index is 12.2. The van der Waals surface area contributed by atoms with Gasteiger partial charge in [-0.25, -0.2) is 0 Å². The van der Waals surface area contributed by atoms with Gasteiger partial charge in [0.1, 0.15) is 0 Å². The second-order valence-corrected chi connectivity index (χ2v) is 5.37. The average Bonchev–Trinajstić information content (AvgIpc) is 2.38. The molecule has 0 aliphatic heterocycles. The lowest BCUT2D eigenvalue weighted by Gasteiger charge is -2.31. The Morgan fingerprint density at radius 1 is 1.06 bits per heavy atom. The van der Waals surface area contributed by atoms with Gasteiger partial charge in [-0.05, 0) is 45.4 Å². The number of hydrogen-bond donors (Lipinski definition) is 0. The first-order chi connectivity index (χ1) is 8.22. The summed E-state index contributed by atoms with van der Waals surface area (Å²) in [7, 11) is 0. The highest BCUT2D eigenvalue weighted by molar-refractivity contribution is 5.78. The SMILES string of the molecule is CCCCC1CCC(C(=O)N(CC)CC)CC1. The van der Waals surface area contributed by atoms with E-state index in [1.54, 1.807) is 0 Å². The van der Waals surface area contributed by atoms with Crippen molar-refractivity contribution in [2.45, 2.75) is 65.7 Å². The highest BCUT2D eigenvalue weighted by Gasteiger charge is 2.27. The summed E-state index contributed by atoms with van der Waals surface area (Å²) < 4.78 is 0. The summed E-state index contributed by atoms with van der Waals surface area (Å²) in [6.45, 7) is 8.15. The number of unbranched alkanes of at least 4 members (excludes halogenated alkanes) is 1. The smallest absolute Gasteiger partial charge is 0.225 e. The van der Waals surface area contributed by atoms with Crippen LogP contribution < -0.4 is 0 Å². The first-order valence-electron chi connectivity index (χ1n) is 7.51. The Hall–Kier alpha value is -0.530. The Morgan fingerprint density at radius 3 is 2.12 bits per heavy atom. The van der Waals surface area contributed by atoms with E-state index >= 15 is 0 Å². The van der Waals surface area contributed by atoms with Gasteiger partial charge in [0.15, 0.2) is 0 Å². The van der Waals surface area contributed by atoms with Gasteiger partial charge in [-0.1, -0.05) is 26.2 Å². The van der Waals surface area contributed by atoms with Gasteiger partial charge in [0.25, 0.3) is 0 Å². The van der Waals surface area contributed by atoms with Crippen molar-refractivity contribution in [3.8, 4) is 0 Å². The molecule has 0 N–H and O–H groups in total. The quantitative estimate of drug-likeness (QED) is 0.689. The van der Waals surface area contributed by atoms with Crippen LogP contribution in [-0.4, -0.2) is 23.9 Å². The predicted molar refractivity (Wildman–Crippen MR) is 72.9 cm³/mol. The first-order valence-corrected chi connectivity index (χ1v) is 7.51. The van der Waals surface area contributed by atoms with E-state index in [0.717, 1.165) is 31.8 Å². The van der Waals surface area contributed by atoms with Crippen molar-refractivity contribution in [2.75, 3.05) is 13.1 Å². The molecule has 1 fully saturated rings. The summed E-state index contributed by atoms with van der Waals surface area (Å²) in [6, 6.07) is 0. The van der Waals surface area contributed by atoms with E-state index in [2.05, 4.69) is 20.8 Å². The molecule has 2 nitrogen and oxygen atoms in total. The molecule has 0 atom stereocenters. The van der Waals surface area contributed by atoms with Crippen LogP contribution in [0.5, 0.6) is 0 Å². The van der Waals surface area contributed by atoms with Crippen LogP contribution in [-0.2, 0) is 4.79 Å². The molecule has 0 aromatic rings. The molecule has 0 aromatic heterocycles. The summed E-state index contributed by atoms with van der Waals surface area (Å²) in [6.07, 6.45) is 8.85. The van der Waals surface area contributed by atoms with E-state index in [0.29, 0.717) is 11.8 Å². The summed E-state index contributed by atoms with van der Waals surface area (Å²) >= 11 is 0. The van der Waals surface area contributed by atoms with E-state index in [1.165, 1.54) is 32.1 Å². The fraction of sp³-hybridized carbons (Fsp3) is 0.933. The standard InChI is InChI=1S/C15H29NO/c1-4-7-8-13-9-11-14(12-10-13)15(17)16(5-2)6-3/h13-14H,4-12H2,1-3H3. The Kier molecular flexibility index (Phi) is 6.61. The highest BCUT2D eigenvalue weighted by Crippen LogP contribution is 2.32. The molecule has 0 saturated heterocycles. The number of amides is 1. The number of carbonyl (C=O) groups excluding carboxylic acids is 1. The van der Waals surface area contributed by atoms with Crippen molar-refractivity contribution in [3.63, 3.8) is 0 Å². The molecule has 2 heteroatoms. The van der Waals surface area contributed by atoms with Gasteiger partial charge in [0, 0.05) is 19.0 Å². The van der Waals surface area contributed by atoms with E-state index < -0.39 is 0 Å². The van der Waals surface area contributed by atoms with Crippen LogP contribution in [0.25, 0.3) is 0 Å². The zero-order chi connectivity index (χ0) is 12.7. The van der Waals surface area contributed by atoms with Crippen LogP contribution in [0.2, 0.25) is 0 Å². The molecule has 1 amide bonds. The van der Waals surface area contributed by atoms with Crippen LogP contribution >= 0.6 is 0 Å². The lowest BCUT2D eigenvalue weighted by atomic mass is 9.79. The molecular formula is C15H29NO. The Balaban J connectivity index is 2.33. The number of rotatable bonds is 6. The Bertz CT molecular complexity index is 215. The third-order valence-corrected chi connectivity index (χ3v) is 4.24. The second kappa shape index (κ2) is 7.73. The zero-order valence-corrected chi connectivity index (χ0v) is 11.9. The number of carbonyl (C=O) groups is 1. The van der Waals surface area contributed by atoms with Gasteiger partial charge in [0.05, 0.1) is 0 Å². The summed E-state index contributed by atoms with van der Waals surface area (Å²) in [4.78, 5) is 14.2. The van der Waals surface area contributed by atoms with Crippen LogP contribution in [0.15, 0.2) is 0 Å². The Labute approximate surface area is 107 Å². The largest absolute Gasteiger partial charge is 0.343 e. The number of hydrogen-bond acceptors (Lipinski definition) is 1. The van der Waals surface area contributed by atoms with Crippen molar-refractivity contribution in [1.82, 2.24) is 4.90 Å². The van der Waals surface area contributed by atoms with Crippen molar-refractivity contribution in [3.05, 3.63) is 0 Å². The molecule has 0 aromatic carbocycles. The minimum absolute atomic E-state index is 0.327. The molecule has 1 aliphatic rings. The molecule has 0 unspecified atom stereocenters. The molecular weight excluding hydrogens is 210 g/mol. The van der Waals surface area contributed by atoms with Crippen LogP contribution in [0.1, 0.15) is 65.7 Å². The van der Waals surface area contributed by atoms with E-state index in [4.69, 9.17) is 0 Å². The van der Waals surface area contributed by atoms with Gasteiger partial charge in [0.2, 0.25) is 5.91 Å². The molecule has 1 saturated carbocycles. The van der Waals surface area contributed by atoms with Crippen LogP contribution in [0.3, 0.4) is 0 Å². The van der Waals surface area contributed by atoms with Gasteiger partial charge in [-0.3, -0.25) is 4.79 Å². The molecule has 0 bridgehead atoms. The molecule has 100 valence electrons. The predicted octanol–water partition coefficient (Wildman–Crippen LogP) is 3.85. The molecule has 0 spiro atoms. The van der Waals surface area contributed by atoms with E-state index in [1.807, 2.05) is 4.90 Å². The van der Waals surface area contributed by atoms with Gasteiger partial charge >= 0.3 is 0 Å². The Morgan fingerprint density at radius 2 is 1.65 bits per heavy atom. The fourth-order valence-electron chi connectivity index (χ4n) is 2.98. The molecule has 0 heterocycles. The van der Waals surface area contributed by atoms with E-state index in [9.17, 15) is 4.79 Å². The highest BCUT2D eigenvalue weighted by atomic mass is 16.2. The minimum atomic E-state index is 0.327. The van der Waals surface area contributed by atoms with Gasteiger partial charge in [-0.15, -0.1) is 0 Å². The first kappa shape index (κ1) is 14.5. The monoisotopic (exact) mass is 239 g/mol. The number of nitrogens with zero attached hydrogens (tertiary/aromatic N) is 1. The topological polar surface area (TPSA) is 20.3 Å². The second-order valence-electron chi connectivity index (χ2n) is 5.37. The summed E-state index contributed by atoms with van der Waals surface area (Å²) in [5, 5.41) is 0. The molecule has 0 radical (unpaired) electrons. The van der Waals surface area contributed by atoms with Crippen molar-refractivity contribution < 1.29 is 4.79 Å². The summed E-state index contributed by atoms with van der Waals surface area (Å²) in [5.41, 5.74) is 0. The molecule has 17 heavy (non-hydrogen) atoms. The lowest BCUT2D eigenvalue weighted by Crippen LogP contribution is -2.37. The molecule has 1 aliphatic carbocycles. The minimum Gasteiger partial charge on any atom is -0.343 e. The average molecular weight is 239 g/mol. The zero-order valence-electron chi connectivity index (χ0n) is 11.9. The third kappa shape index (κ3) is 4.33. The van der Waals surface area contributed by atoms with Gasteiger partial charge in [-0.2, -0.15) is 0 Å². The van der Waals surface area contributed by atoms with Gasteiger partial charge < -0.3 is 4.90 Å². The maximum Gasteiger partial charge on any atom is 0.225 e. The third-order valence-electron chi connectivity index (χ3n) is 4.24. The molecule has 1 rings (SSSR count). The fourth-order valence-corrected chi connectivity index (χ4v) is 2.98. The normalized spacial score (nSPS) is 24.6. The van der Waals surface area contributed by atoms with Crippen molar-refractivity contribution in [1.29, 1.82) is 0 Å².